The first kappa shape index (κ1) is 20.9. The lowest BCUT2D eigenvalue weighted by atomic mass is 9.99. The molecule has 29 heavy (non-hydrogen) atoms. The van der Waals surface area contributed by atoms with Gasteiger partial charge in [0.05, 0.1) is 32.4 Å². The van der Waals surface area contributed by atoms with E-state index in [4.69, 9.17) is 4.74 Å². The molecule has 2 aromatic rings. The average Bonchev–Trinajstić information content (AvgIpc) is 2.79. The Hall–Kier alpha value is -1.33. The Bertz CT molecular complexity index is 797. The predicted octanol–water partition coefficient (Wildman–Crippen LogP) is 7.61. The molecule has 0 spiro atoms. The van der Waals surface area contributed by atoms with Gasteiger partial charge in [-0.3, -0.25) is 0 Å². The Kier molecular flexibility index (Phi) is 6.65. The summed E-state index contributed by atoms with van der Waals surface area (Å²) in [5.41, 5.74) is 5.93. The molecule has 0 bridgehead atoms. The van der Waals surface area contributed by atoms with Gasteiger partial charge in [0.15, 0.2) is 0 Å². The van der Waals surface area contributed by atoms with Gasteiger partial charge in [-0.2, -0.15) is 0 Å². The van der Waals surface area contributed by atoms with Gasteiger partial charge in [-0.1, -0.05) is 43.2 Å². The molecule has 0 N–H and O–H groups in total. The van der Waals surface area contributed by atoms with E-state index < -0.39 is 7.26 Å². The first-order valence-corrected chi connectivity index (χ1v) is 14.1. The molecule has 0 heterocycles. The van der Waals surface area contributed by atoms with E-state index in [9.17, 15) is 0 Å². The van der Waals surface area contributed by atoms with Gasteiger partial charge < -0.3 is 4.74 Å². The van der Waals surface area contributed by atoms with Gasteiger partial charge in [-0.05, 0) is 76.0 Å². The molecule has 0 saturated heterocycles. The van der Waals surface area contributed by atoms with Crippen molar-refractivity contribution < 1.29 is 4.74 Å². The molecule has 0 atom stereocenters. The Balaban J connectivity index is 1.88. The summed E-state index contributed by atoms with van der Waals surface area (Å²) in [6.45, 7) is 4.98. The SMILES string of the molecule is COc1cccc(C)c1-c1ccccc1[P+](C)(C1CCCCC1)C1CCCCC1. The van der Waals surface area contributed by atoms with E-state index in [2.05, 4.69) is 56.1 Å². The third kappa shape index (κ3) is 4.00. The van der Waals surface area contributed by atoms with E-state index in [0.29, 0.717) is 0 Å². The van der Waals surface area contributed by atoms with Gasteiger partial charge in [0.25, 0.3) is 0 Å². The monoisotopic (exact) mass is 409 g/mol. The number of rotatable bonds is 5. The summed E-state index contributed by atoms with van der Waals surface area (Å²) in [4.78, 5) is 0. The molecular formula is C27H38OP+. The van der Waals surface area contributed by atoms with Gasteiger partial charge in [-0.25, -0.2) is 0 Å². The van der Waals surface area contributed by atoms with Gasteiger partial charge >= 0.3 is 0 Å². The zero-order valence-corrected chi connectivity index (χ0v) is 19.5. The van der Waals surface area contributed by atoms with E-state index in [-0.39, 0.29) is 0 Å². The highest BCUT2D eigenvalue weighted by Crippen LogP contribution is 2.69. The van der Waals surface area contributed by atoms with Crippen molar-refractivity contribution in [3.63, 3.8) is 0 Å². The lowest BCUT2D eigenvalue weighted by molar-refractivity contribution is 0.416. The Morgan fingerprint density at radius 1 is 0.759 bits per heavy atom. The van der Waals surface area contributed by atoms with Crippen molar-refractivity contribution in [1.29, 1.82) is 0 Å². The van der Waals surface area contributed by atoms with Crippen molar-refractivity contribution in [1.82, 2.24) is 0 Å². The van der Waals surface area contributed by atoms with E-state index >= 15 is 0 Å². The van der Waals surface area contributed by atoms with Crippen molar-refractivity contribution in [2.24, 2.45) is 0 Å². The molecule has 156 valence electrons. The molecule has 0 amide bonds. The fourth-order valence-corrected chi connectivity index (χ4v) is 11.6. The van der Waals surface area contributed by atoms with Crippen LogP contribution < -0.4 is 10.0 Å². The van der Waals surface area contributed by atoms with E-state index in [1.54, 1.807) is 5.30 Å². The molecule has 2 saturated carbocycles. The number of hydrogen-bond acceptors (Lipinski definition) is 1. The third-order valence-electron chi connectivity index (χ3n) is 7.81. The normalized spacial score (nSPS) is 19.3. The van der Waals surface area contributed by atoms with E-state index in [1.165, 1.54) is 80.9 Å². The summed E-state index contributed by atoms with van der Waals surface area (Å²) >= 11 is 0. The molecule has 2 fully saturated rings. The quantitative estimate of drug-likeness (QED) is 0.462. The minimum Gasteiger partial charge on any atom is -0.496 e. The maximum atomic E-state index is 5.85. The largest absolute Gasteiger partial charge is 0.496 e. The summed E-state index contributed by atoms with van der Waals surface area (Å²) in [6.07, 6.45) is 14.4. The van der Waals surface area contributed by atoms with Crippen LogP contribution in [-0.4, -0.2) is 25.1 Å². The molecule has 2 aliphatic carbocycles. The second kappa shape index (κ2) is 9.22. The van der Waals surface area contributed by atoms with E-state index in [0.717, 1.165) is 17.1 Å². The van der Waals surface area contributed by atoms with Crippen LogP contribution >= 0.6 is 7.26 Å². The molecule has 0 aliphatic heterocycles. The van der Waals surface area contributed by atoms with Crippen LogP contribution in [0.15, 0.2) is 42.5 Å². The molecule has 0 radical (unpaired) electrons. The smallest absolute Gasteiger partial charge is 0.127 e. The van der Waals surface area contributed by atoms with Crippen molar-refractivity contribution in [3.05, 3.63) is 48.0 Å². The summed E-state index contributed by atoms with van der Waals surface area (Å²) in [5, 5.41) is 1.69. The Morgan fingerprint density at radius 3 is 1.93 bits per heavy atom. The number of ether oxygens (including phenoxy) is 1. The van der Waals surface area contributed by atoms with Crippen LogP contribution in [0.3, 0.4) is 0 Å². The van der Waals surface area contributed by atoms with Gasteiger partial charge in [0, 0.05) is 11.1 Å². The van der Waals surface area contributed by atoms with Crippen molar-refractivity contribution in [2.45, 2.75) is 82.4 Å². The molecule has 2 heteroatoms. The fraction of sp³-hybridized carbons (Fsp3) is 0.556. The van der Waals surface area contributed by atoms with Crippen LogP contribution in [0.1, 0.15) is 69.8 Å². The van der Waals surface area contributed by atoms with Crippen molar-refractivity contribution in [3.8, 4) is 16.9 Å². The van der Waals surface area contributed by atoms with Crippen LogP contribution in [0.4, 0.5) is 0 Å². The maximum absolute atomic E-state index is 5.85. The highest BCUT2D eigenvalue weighted by atomic mass is 31.2. The third-order valence-corrected chi connectivity index (χ3v) is 13.3. The minimum atomic E-state index is -1.28. The highest BCUT2D eigenvalue weighted by Gasteiger charge is 2.51. The number of benzene rings is 2. The average molecular weight is 410 g/mol. The first-order chi connectivity index (χ1) is 14.2. The van der Waals surface area contributed by atoms with E-state index in [1.807, 2.05) is 7.11 Å². The van der Waals surface area contributed by atoms with Crippen molar-refractivity contribution in [2.75, 3.05) is 13.8 Å². The van der Waals surface area contributed by atoms with Crippen LogP contribution in [-0.2, 0) is 0 Å². The number of aryl methyl sites for hydroxylation is 1. The van der Waals surface area contributed by atoms with Crippen molar-refractivity contribution >= 4 is 12.6 Å². The summed E-state index contributed by atoms with van der Waals surface area (Å²) < 4.78 is 5.85. The fourth-order valence-electron chi connectivity index (χ4n) is 6.19. The number of hydrogen-bond donors (Lipinski definition) is 0. The zero-order chi connectivity index (χ0) is 20.3. The molecular weight excluding hydrogens is 371 g/mol. The first-order valence-electron chi connectivity index (χ1n) is 11.8. The number of methoxy groups -OCH3 is 1. The van der Waals surface area contributed by atoms with Gasteiger partial charge in [0.1, 0.15) is 11.1 Å². The van der Waals surface area contributed by atoms with Gasteiger partial charge in [0.2, 0.25) is 0 Å². The molecule has 1 nitrogen and oxygen atoms in total. The topological polar surface area (TPSA) is 9.23 Å². The predicted molar refractivity (Wildman–Crippen MR) is 129 cm³/mol. The maximum Gasteiger partial charge on any atom is 0.127 e. The molecule has 2 aromatic carbocycles. The molecule has 4 rings (SSSR count). The molecule has 0 aromatic heterocycles. The van der Waals surface area contributed by atoms with Gasteiger partial charge in [-0.15, -0.1) is 0 Å². The van der Waals surface area contributed by atoms with Crippen LogP contribution in [0.25, 0.3) is 11.1 Å². The lowest BCUT2D eigenvalue weighted by Crippen LogP contribution is -2.34. The molecule has 0 unspecified atom stereocenters. The standard InChI is InChI=1S/C27H38OP/c1-21-13-12-19-25(28-2)27(21)24-18-10-11-20-26(24)29(3,22-14-6-4-7-15-22)23-16-8-5-9-17-23/h10-13,18-20,22-23H,4-9,14-17H2,1-3H3/q+1. The lowest BCUT2D eigenvalue weighted by Gasteiger charge is -2.42. The summed E-state index contributed by atoms with van der Waals surface area (Å²) in [7, 11) is 0.536. The summed E-state index contributed by atoms with van der Waals surface area (Å²) in [6, 6.07) is 15.9. The molecule has 2 aliphatic rings. The second-order valence-corrected chi connectivity index (χ2v) is 13.6. The minimum absolute atomic E-state index is 0.913. The Labute approximate surface area is 178 Å². The Morgan fingerprint density at radius 2 is 1.34 bits per heavy atom. The van der Waals surface area contributed by atoms with Crippen LogP contribution in [0, 0.1) is 6.92 Å². The summed E-state index contributed by atoms with van der Waals surface area (Å²) in [5.74, 6) is 1.02. The van der Waals surface area contributed by atoms with Crippen LogP contribution in [0.5, 0.6) is 5.75 Å². The second-order valence-electron chi connectivity index (χ2n) is 9.40. The highest BCUT2D eigenvalue weighted by molar-refractivity contribution is 7.83. The van der Waals surface area contributed by atoms with Crippen LogP contribution in [0.2, 0.25) is 0 Å². The zero-order valence-electron chi connectivity index (χ0n) is 18.6.